The summed E-state index contributed by atoms with van der Waals surface area (Å²) in [6, 6.07) is 18.7. The number of likely N-dealkylation sites (N-methyl/N-ethyl adjacent to an activating group) is 1. The highest BCUT2D eigenvalue weighted by molar-refractivity contribution is 5.69. The molecule has 0 aromatic heterocycles. The lowest BCUT2D eigenvalue weighted by molar-refractivity contribution is -0.137. The van der Waals surface area contributed by atoms with E-state index < -0.39 is 5.97 Å². The van der Waals surface area contributed by atoms with E-state index in [4.69, 9.17) is 5.11 Å². The van der Waals surface area contributed by atoms with Crippen molar-refractivity contribution in [2.24, 2.45) is 0 Å². The predicted octanol–water partition coefficient (Wildman–Crippen LogP) is 2.91. The Hall–Kier alpha value is -2.13. The molecule has 104 valence electrons. The second-order valence-electron chi connectivity index (χ2n) is 4.94. The third-order valence-electron chi connectivity index (χ3n) is 3.25. The molecule has 0 aliphatic heterocycles. The summed E-state index contributed by atoms with van der Waals surface area (Å²) >= 11 is 0. The van der Waals surface area contributed by atoms with E-state index in [0.29, 0.717) is 0 Å². The van der Waals surface area contributed by atoms with Gasteiger partial charge in [-0.25, -0.2) is 0 Å². The van der Waals surface area contributed by atoms with Crippen LogP contribution in [0.4, 0.5) is 0 Å². The topological polar surface area (TPSA) is 40.5 Å². The summed E-state index contributed by atoms with van der Waals surface area (Å²) < 4.78 is 0. The molecule has 2 aromatic carbocycles. The molecule has 1 N–H and O–H groups in total. The fraction of sp³-hybridized carbons (Fsp3) is 0.235. The first-order chi connectivity index (χ1) is 9.65. The minimum atomic E-state index is -0.785. The molecule has 2 rings (SSSR count). The average Bonchev–Trinajstić information content (AvgIpc) is 2.46. The van der Waals surface area contributed by atoms with Crippen molar-refractivity contribution in [1.29, 1.82) is 0 Å². The Kier molecular flexibility index (Phi) is 4.91. The van der Waals surface area contributed by atoms with E-state index in [-0.39, 0.29) is 6.54 Å². The second kappa shape index (κ2) is 6.87. The largest absolute Gasteiger partial charge is 0.480 e. The van der Waals surface area contributed by atoms with Crippen molar-refractivity contribution in [2.75, 3.05) is 20.1 Å². The Labute approximate surface area is 119 Å². The van der Waals surface area contributed by atoms with Gasteiger partial charge in [-0.1, -0.05) is 54.6 Å². The fourth-order valence-electron chi connectivity index (χ4n) is 2.12. The number of carboxylic acid groups (broad SMARTS) is 1. The molecule has 2 aromatic rings. The van der Waals surface area contributed by atoms with Crippen LogP contribution < -0.4 is 0 Å². The van der Waals surface area contributed by atoms with Crippen molar-refractivity contribution in [3.05, 3.63) is 60.2 Å². The van der Waals surface area contributed by atoms with E-state index in [9.17, 15) is 4.79 Å². The Bertz CT molecular complexity index is 549. The van der Waals surface area contributed by atoms with Crippen molar-refractivity contribution in [1.82, 2.24) is 4.90 Å². The monoisotopic (exact) mass is 269 g/mol. The Morgan fingerprint density at radius 2 is 1.60 bits per heavy atom. The van der Waals surface area contributed by atoms with Gasteiger partial charge in [-0.3, -0.25) is 9.69 Å². The molecule has 0 bridgehead atoms. The minimum absolute atomic E-state index is 0.0854. The van der Waals surface area contributed by atoms with Crippen LogP contribution in [-0.4, -0.2) is 36.1 Å². The third kappa shape index (κ3) is 4.21. The lowest BCUT2D eigenvalue weighted by atomic mass is 10.0. The van der Waals surface area contributed by atoms with Crippen molar-refractivity contribution in [3.63, 3.8) is 0 Å². The quantitative estimate of drug-likeness (QED) is 0.876. The highest BCUT2D eigenvalue weighted by Gasteiger charge is 2.04. The molecule has 0 atom stereocenters. The van der Waals surface area contributed by atoms with Gasteiger partial charge in [-0.15, -0.1) is 0 Å². The highest BCUT2D eigenvalue weighted by Crippen LogP contribution is 2.19. The van der Waals surface area contributed by atoms with Crippen LogP contribution >= 0.6 is 0 Å². The molecule has 20 heavy (non-hydrogen) atoms. The molecule has 3 heteroatoms. The molecule has 0 heterocycles. The molecular formula is C17H19NO2. The number of carboxylic acids is 1. The van der Waals surface area contributed by atoms with Crippen molar-refractivity contribution in [3.8, 4) is 11.1 Å². The molecule has 0 saturated heterocycles. The molecule has 0 unspecified atom stereocenters. The van der Waals surface area contributed by atoms with Gasteiger partial charge >= 0.3 is 5.97 Å². The molecular weight excluding hydrogens is 250 g/mol. The Morgan fingerprint density at radius 1 is 1.00 bits per heavy atom. The third-order valence-corrected chi connectivity index (χ3v) is 3.25. The van der Waals surface area contributed by atoms with Crippen molar-refractivity contribution >= 4 is 5.97 Å². The van der Waals surface area contributed by atoms with Crippen LogP contribution in [0.1, 0.15) is 5.56 Å². The standard InChI is InChI=1S/C17H19NO2/c1-18(13-17(19)20)12-11-14-7-9-16(10-8-14)15-5-3-2-4-6-15/h2-10H,11-13H2,1H3,(H,19,20). The molecule has 0 spiro atoms. The molecule has 3 nitrogen and oxygen atoms in total. The molecule has 0 fully saturated rings. The summed E-state index contributed by atoms with van der Waals surface area (Å²) in [5.41, 5.74) is 3.64. The van der Waals surface area contributed by atoms with Crippen LogP contribution in [0.2, 0.25) is 0 Å². The number of hydrogen-bond acceptors (Lipinski definition) is 2. The summed E-state index contributed by atoms with van der Waals surface area (Å²) in [5, 5.41) is 8.70. The van der Waals surface area contributed by atoms with Crippen LogP contribution in [-0.2, 0) is 11.2 Å². The maximum absolute atomic E-state index is 10.6. The van der Waals surface area contributed by atoms with E-state index in [1.807, 2.05) is 30.1 Å². The first-order valence-corrected chi connectivity index (χ1v) is 6.70. The number of carbonyl (C=O) groups is 1. The second-order valence-corrected chi connectivity index (χ2v) is 4.94. The summed E-state index contributed by atoms with van der Waals surface area (Å²) in [6.45, 7) is 0.832. The number of benzene rings is 2. The van der Waals surface area contributed by atoms with Gasteiger partial charge in [0.05, 0.1) is 6.54 Å². The zero-order chi connectivity index (χ0) is 14.4. The summed E-state index contributed by atoms with van der Waals surface area (Å²) in [6.07, 6.45) is 0.860. The first-order valence-electron chi connectivity index (χ1n) is 6.70. The Morgan fingerprint density at radius 3 is 2.20 bits per heavy atom. The van der Waals surface area contributed by atoms with Crippen LogP contribution in [0, 0.1) is 0 Å². The van der Waals surface area contributed by atoms with E-state index in [1.165, 1.54) is 16.7 Å². The summed E-state index contributed by atoms with van der Waals surface area (Å²) in [4.78, 5) is 12.4. The van der Waals surface area contributed by atoms with Crippen LogP contribution in [0.15, 0.2) is 54.6 Å². The summed E-state index contributed by atoms with van der Waals surface area (Å²) in [5.74, 6) is -0.785. The molecule has 0 aliphatic carbocycles. The van der Waals surface area contributed by atoms with Gasteiger partial charge in [0, 0.05) is 6.54 Å². The SMILES string of the molecule is CN(CCc1ccc(-c2ccccc2)cc1)CC(=O)O. The van der Waals surface area contributed by atoms with Crippen LogP contribution in [0.3, 0.4) is 0 Å². The lowest BCUT2D eigenvalue weighted by Crippen LogP contribution is -2.27. The molecule has 0 amide bonds. The van der Waals surface area contributed by atoms with E-state index in [2.05, 4.69) is 36.4 Å². The van der Waals surface area contributed by atoms with E-state index >= 15 is 0 Å². The normalized spacial score (nSPS) is 10.7. The zero-order valence-corrected chi connectivity index (χ0v) is 11.6. The minimum Gasteiger partial charge on any atom is -0.480 e. The number of nitrogens with zero attached hydrogens (tertiary/aromatic N) is 1. The highest BCUT2D eigenvalue weighted by atomic mass is 16.4. The van der Waals surface area contributed by atoms with Gasteiger partial charge in [-0.05, 0) is 30.2 Å². The number of hydrogen-bond donors (Lipinski definition) is 1. The average molecular weight is 269 g/mol. The van der Waals surface area contributed by atoms with E-state index in [0.717, 1.165) is 13.0 Å². The van der Waals surface area contributed by atoms with Gasteiger partial charge in [0.25, 0.3) is 0 Å². The van der Waals surface area contributed by atoms with Crippen LogP contribution in [0.5, 0.6) is 0 Å². The van der Waals surface area contributed by atoms with Gasteiger partial charge in [-0.2, -0.15) is 0 Å². The smallest absolute Gasteiger partial charge is 0.317 e. The number of rotatable bonds is 6. The van der Waals surface area contributed by atoms with Crippen molar-refractivity contribution < 1.29 is 9.90 Å². The molecule has 0 aliphatic rings. The van der Waals surface area contributed by atoms with E-state index in [1.54, 1.807) is 0 Å². The molecule has 0 radical (unpaired) electrons. The summed E-state index contributed by atoms with van der Waals surface area (Å²) in [7, 11) is 1.83. The lowest BCUT2D eigenvalue weighted by Gasteiger charge is -2.13. The maximum Gasteiger partial charge on any atom is 0.317 e. The first kappa shape index (κ1) is 14.3. The predicted molar refractivity (Wildman–Crippen MR) is 80.7 cm³/mol. The van der Waals surface area contributed by atoms with Crippen LogP contribution in [0.25, 0.3) is 11.1 Å². The van der Waals surface area contributed by atoms with Gasteiger partial charge < -0.3 is 5.11 Å². The van der Waals surface area contributed by atoms with Gasteiger partial charge in [0.15, 0.2) is 0 Å². The van der Waals surface area contributed by atoms with Gasteiger partial charge in [0.1, 0.15) is 0 Å². The van der Waals surface area contributed by atoms with Gasteiger partial charge in [0.2, 0.25) is 0 Å². The molecule has 0 saturated carbocycles. The zero-order valence-electron chi connectivity index (χ0n) is 11.6. The Balaban J connectivity index is 1.94. The number of aliphatic carboxylic acids is 1. The fourth-order valence-corrected chi connectivity index (χ4v) is 2.12. The van der Waals surface area contributed by atoms with Crippen molar-refractivity contribution in [2.45, 2.75) is 6.42 Å². The maximum atomic E-state index is 10.6.